The Hall–Kier alpha value is -0.570. The van der Waals surface area contributed by atoms with Crippen molar-refractivity contribution in [3.05, 3.63) is 34.9 Å². The molecule has 2 nitrogen and oxygen atoms in total. The third-order valence-electron chi connectivity index (χ3n) is 4.04. The number of rotatable bonds is 1. The van der Waals surface area contributed by atoms with Crippen LogP contribution in [0.1, 0.15) is 30.7 Å². The van der Waals surface area contributed by atoms with Gasteiger partial charge in [-0.05, 0) is 50.0 Å². The average molecular weight is 252 g/mol. The molecule has 0 bridgehead atoms. The van der Waals surface area contributed by atoms with E-state index in [1.54, 1.807) is 0 Å². The molecule has 0 aliphatic carbocycles. The van der Waals surface area contributed by atoms with E-state index in [0.717, 1.165) is 44.0 Å². The van der Waals surface area contributed by atoms with E-state index in [4.69, 9.17) is 16.3 Å². The summed E-state index contributed by atoms with van der Waals surface area (Å²) in [6, 6.07) is 8.21. The lowest BCUT2D eigenvalue weighted by Crippen LogP contribution is -2.41. The van der Waals surface area contributed by atoms with Crippen molar-refractivity contribution in [2.24, 2.45) is 0 Å². The molecule has 1 aromatic rings. The molecule has 2 fully saturated rings. The molecule has 1 spiro atoms. The molecule has 2 aliphatic heterocycles. The minimum Gasteiger partial charge on any atom is -0.374 e. The summed E-state index contributed by atoms with van der Waals surface area (Å²) >= 11 is 6.05. The van der Waals surface area contributed by atoms with Crippen molar-refractivity contribution in [1.29, 1.82) is 0 Å². The van der Waals surface area contributed by atoms with Crippen LogP contribution in [0.5, 0.6) is 0 Å². The zero-order chi connectivity index (χ0) is 11.7. The zero-order valence-electron chi connectivity index (χ0n) is 9.92. The van der Waals surface area contributed by atoms with Gasteiger partial charge in [0.15, 0.2) is 0 Å². The summed E-state index contributed by atoms with van der Waals surface area (Å²) in [5.74, 6) is 0.520. The van der Waals surface area contributed by atoms with Crippen LogP contribution in [-0.2, 0) is 4.74 Å². The summed E-state index contributed by atoms with van der Waals surface area (Å²) < 4.78 is 6.11. The maximum absolute atomic E-state index is 6.11. The predicted octanol–water partition coefficient (Wildman–Crippen LogP) is 2.97. The van der Waals surface area contributed by atoms with E-state index in [0.29, 0.717) is 5.92 Å². The Labute approximate surface area is 107 Å². The number of hydrogen-bond acceptors (Lipinski definition) is 2. The lowest BCUT2D eigenvalue weighted by Gasteiger charge is -2.33. The van der Waals surface area contributed by atoms with Gasteiger partial charge in [-0.1, -0.05) is 23.7 Å². The highest BCUT2D eigenvalue weighted by molar-refractivity contribution is 6.30. The van der Waals surface area contributed by atoms with Gasteiger partial charge >= 0.3 is 0 Å². The van der Waals surface area contributed by atoms with Gasteiger partial charge in [-0.25, -0.2) is 0 Å². The molecule has 3 heteroatoms. The Bertz CT molecular complexity index is 401. The van der Waals surface area contributed by atoms with Gasteiger partial charge < -0.3 is 10.1 Å². The van der Waals surface area contributed by atoms with E-state index in [1.165, 1.54) is 5.56 Å². The smallest absolute Gasteiger partial charge is 0.0713 e. The number of benzene rings is 1. The molecule has 17 heavy (non-hydrogen) atoms. The van der Waals surface area contributed by atoms with Crippen LogP contribution in [0.25, 0.3) is 0 Å². The molecule has 0 radical (unpaired) electrons. The maximum atomic E-state index is 6.11. The van der Waals surface area contributed by atoms with Crippen LogP contribution in [0.15, 0.2) is 24.3 Å². The van der Waals surface area contributed by atoms with Gasteiger partial charge in [0.25, 0.3) is 0 Å². The van der Waals surface area contributed by atoms with Crippen LogP contribution in [0, 0.1) is 0 Å². The molecular formula is C14H18ClNO. The SMILES string of the molecule is Clc1cccc([C@H]2COC3(CCNCC3)C2)c1. The number of piperidine rings is 1. The van der Waals surface area contributed by atoms with E-state index in [1.807, 2.05) is 12.1 Å². The summed E-state index contributed by atoms with van der Waals surface area (Å²) in [6.07, 6.45) is 3.43. The quantitative estimate of drug-likeness (QED) is 0.829. The molecule has 92 valence electrons. The fraction of sp³-hybridized carbons (Fsp3) is 0.571. The summed E-state index contributed by atoms with van der Waals surface area (Å²) in [6.45, 7) is 3.02. The van der Waals surface area contributed by atoms with Crippen molar-refractivity contribution in [2.45, 2.75) is 30.8 Å². The average Bonchev–Trinajstić information content (AvgIpc) is 2.74. The highest BCUT2D eigenvalue weighted by Gasteiger charge is 2.41. The molecule has 2 saturated heterocycles. The molecule has 2 heterocycles. The molecule has 0 saturated carbocycles. The number of hydrogen-bond donors (Lipinski definition) is 1. The van der Waals surface area contributed by atoms with E-state index < -0.39 is 0 Å². The largest absolute Gasteiger partial charge is 0.374 e. The molecule has 1 aromatic carbocycles. The van der Waals surface area contributed by atoms with Gasteiger partial charge in [0.05, 0.1) is 12.2 Å². The minimum atomic E-state index is 0.137. The van der Waals surface area contributed by atoms with Crippen LogP contribution in [-0.4, -0.2) is 25.3 Å². The summed E-state index contributed by atoms with van der Waals surface area (Å²) in [5.41, 5.74) is 1.46. The van der Waals surface area contributed by atoms with Crippen LogP contribution < -0.4 is 5.32 Å². The summed E-state index contributed by atoms with van der Waals surface area (Å²) in [4.78, 5) is 0. The predicted molar refractivity (Wildman–Crippen MR) is 69.6 cm³/mol. The Morgan fingerprint density at radius 1 is 1.29 bits per heavy atom. The maximum Gasteiger partial charge on any atom is 0.0713 e. The number of halogens is 1. The van der Waals surface area contributed by atoms with Crippen molar-refractivity contribution in [2.75, 3.05) is 19.7 Å². The van der Waals surface area contributed by atoms with Gasteiger partial charge in [0.1, 0.15) is 0 Å². The Morgan fingerprint density at radius 3 is 2.88 bits per heavy atom. The van der Waals surface area contributed by atoms with Crippen molar-refractivity contribution < 1.29 is 4.74 Å². The van der Waals surface area contributed by atoms with Crippen LogP contribution in [0.4, 0.5) is 0 Å². The fourth-order valence-corrected chi connectivity index (χ4v) is 3.25. The Kier molecular flexibility index (Phi) is 3.12. The van der Waals surface area contributed by atoms with Gasteiger partial charge in [-0.3, -0.25) is 0 Å². The molecule has 0 amide bonds. The van der Waals surface area contributed by atoms with E-state index in [-0.39, 0.29) is 5.60 Å². The first-order valence-corrected chi connectivity index (χ1v) is 6.75. The van der Waals surface area contributed by atoms with Crippen molar-refractivity contribution in [1.82, 2.24) is 5.32 Å². The molecule has 3 rings (SSSR count). The van der Waals surface area contributed by atoms with Crippen LogP contribution in [0.2, 0.25) is 5.02 Å². The van der Waals surface area contributed by atoms with Crippen molar-refractivity contribution in [3.63, 3.8) is 0 Å². The second kappa shape index (κ2) is 4.60. The second-order valence-corrected chi connectivity index (χ2v) is 5.64. The standard InChI is InChI=1S/C14H18ClNO/c15-13-3-1-2-11(8-13)12-9-14(17-10-12)4-6-16-7-5-14/h1-3,8,12,16H,4-7,9-10H2/t12-/m1/s1. The second-order valence-electron chi connectivity index (χ2n) is 5.20. The third-order valence-corrected chi connectivity index (χ3v) is 4.28. The van der Waals surface area contributed by atoms with Crippen molar-refractivity contribution in [3.8, 4) is 0 Å². The van der Waals surface area contributed by atoms with E-state index >= 15 is 0 Å². The fourth-order valence-electron chi connectivity index (χ4n) is 3.05. The first-order chi connectivity index (χ1) is 8.27. The molecular weight excluding hydrogens is 234 g/mol. The molecule has 1 atom stereocenters. The van der Waals surface area contributed by atoms with Crippen LogP contribution >= 0.6 is 11.6 Å². The number of nitrogens with one attached hydrogen (secondary N) is 1. The van der Waals surface area contributed by atoms with Crippen molar-refractivity contribution >= 4 is 11.6 Å². The monoisotopic (exact) mass is 251 g/mol. The molecule has 0 aromatic heterocycles. The first kappa shape index (κ1) is 11.5. The summed E-state index contributed by atoms with van der Waals surface area (Å²) in [7, 11) is 0. The topological polar surface area (TPSA) is 21.3 Å². The third kappa shape index (κ3) is 2.35. The van der Waals surface area contributed by atoms with Gasteiger partial charge in [0, 0.05) is 10.9 Å². The first-order valence-electron chi connectivity index (χ1n) is 6.38. The lowest BCUT2D eigenvalue weighted by atomic mass is 9.84. The van der Waals surface area contributed by atoms with Gasteiger partial charge in [-0.2, -0.15) is 0 Å². The highest BCUT2D eigenvalue weighted by Crippen LogP contribution is 2.41. The Morgan fingerprint density at radius 2 is 2.12 bits per heavy atom. The van der Waals surface area contributed by atoms with E-state index in [9.17, 15) is 0 Å². The Balaban J connectivity index is 1.75. The lowest BCUT2D eigenvalue weighted by molar-refractivity contribution is -0.0193. The molecule has 1 N–H and O–H groups in total. The van der Waals surface area contributed by atoms with E-state index in [2.05, 4.69) is 17.4 Å². The molecule has 2 aliphatic rings. The highest BCUT2D eigenvalue weighted by atomic mass is 35.5. The zero-order valence-corrected chi connectivity index (χ0v) is 10.7. The summed E-state index contributed by atoms with van der Waals surface area (Å²) in [5, 5.41) is 4.23. The van der Waals surface area contributed by atoms with Crippen LogP contribution in [0.3, 0.4) is 0 Å². The molecule has 0 unspecified atom stereocenters. The number of ether oxygens (including phenoxy) is 1. The van der Waals surface area contributed by atoms with Gasteiger partial charge in [0.2, 0.25) is 0 Å². The normalized spacial score (nSPS) is 27.5. The minimum absolute atomic E-state index is 0.137. The van der Waals surface area contributed by atoms with Gasteiger partial charge in [-0.15, -0.1) is 0 Å².